The lowest BCUT2D eigenvalue weighted by Crippen LogP contribution is -2.36. The van der Waals surface area contributed by atoms with Gasteiger partial charge in [-0.1, -0.05) is 17.7 Å². The van der Waals surface area contributed by atoms with Crippen molar-refractivity contribution in [1.29, 1.82) is 0 Å². The minimum Gasteiger partial charge on any atom is -0.381 e. The highest BCUT2D eigenvalue weighted by Crippen LogP contribution is 2.29. The maximum absolute atomic E-state index is 6.19. The third kappa shape index (κ3) is 4.18. The first-order valence-corrected chi connectivity index (χ1v) is 8.22. The summed E-state index contributed by atoms with van der Waals surface area (Å²) >= 11 is 9.62. The zero-order chi connectivity index (χ0) is 14.5. The Balaban J connectivity index is 2.03. The normalized spacial score (nSPS) is 18.4. The quantitative estimate of drug-likeness (QED) is 0.873. The van der Waals surface area contributed by atoms with Gasteiger partial charge in [-0.15, -0.1) is 0 Å². The first-order chi connectivity index (χ1) is 9.61. The molecule has 112 valence electrons. The van der Waals surface area contributed by atoms with Crippen molar-refractivity contribution in [3.8, 4) is 0 Å². The number of benzene rings is 1. The molecule has 2 rings (SSSR count). The van der Waals surface area contributed by atoms with Gasteiger partial charge >= 0.3 is 0 Å². The van der Waals surface area contributed by atoms with E-state index in [1.807, 2.05) is 12.1 Å². The van der Waals surface area contributed by atoms with Crippen LogP contribution >= 0.6 is 27.5 Å². The summed E-state index contributed by atoms with van der Waals surface area (Å²) < 4.78 is 6.34. The van der Waals surface area contributed by atoms with Crippen LogP contribution in [0.5, 0.6) is 0 Å². The van der Waals surface area contributed by atoms with E-state index < -0.39 is 0 Å². The number of likely N-dealkylation sites (N-methyl/N-ethyl adjacent to an activating group) is 1. The fourth-order valence-electron chi connectivity index (χ4n) is 2.75. The molecule has 0 aromatic heterocycles. The van der Waals surface area contributed by atoms with Crippen molar-refractivity contribution >= 4 is 27.5 Å². The minimum atomic E-state index is 0.212. The van der Waals surface area contributed by atoms with E-state index in [9.17, 15) is 0 Å². The molecule has 3 nitrogen and oxygen atoms in total. The van der Waals surface area contributed by atoms with Crippen LogP contribution in [0.2, 0.25) is 5.02 Å². The fourth-order valence-corrected chi connectivity index (χ4v) is 3.19. The summed E-state index contributed by atoms with van der Waals surface area (Å²) in [5, 5.41) is 0.736. The molecular weight excluding hydrogens is 340 g/mol. The fraction of sp³-hybridized carbons (Fsp3) is 0.600. The van der Waals surface area contributed by atoms with E-state index in [1.54, 1.807) is 0 Å². The zero-order valence-corrected chi connectivity index (χ0v) is 14.2. The van der Waals surface area contributed by atoms with Gasteiger partial charge in [-0.25, -0.2) is 0 Å². The first-order valence-electron chi connectivity index (χ1n) is 7.04. The third-order valence-corrected chi connectivity index (χ3v) is 5.20. The second-order valence-corrected chi connectivity index (χ2v) is 6.68. The number of ether oxygens (including phenoxy) is 1. The summed E-state index contributed by atoms with van der Waals surface area (Å²) in [6.45, 7) is 3.42. The van der Waals surface area contributed by atoms with Gasteiger partial charge in [-0.2, -0.15) is 0 Å². The maximum Gasteiger partial charge on any atom is 0.0551 e. The van der Waals surface area contributed by atoms with Crippen LogP contribution < -0.4 is 5.73 Å². The van der Waals surface area contributed by atoms with Gasteiger partial charge in [0.25, 0.3) is 0 Å². The van der Waals surface area contributed by atoms with Gasteiger partial charge in [-0.3, -0.25) is 4.90 Å². The molecule has 1 heterocycles. The molecule has 0 bridgehead atoms. The van der Waals surface area contributed by atoms with Crippen LogP contribution in [0.15, 0.2) is 22.7 Å². The van der Waals surface area contributed by atoms with Crippen LogP contribution in [0.1, 0.15) is 24.4 Å². The number of hydrogen-bond donors (Lipinski definition) is 1. The molecule has 20 heavy (non-hydrogen) atoms. The van der Waals surface area contributed by atoms with E-state index in [0.29, 0.717) is 12.5 Å². The molecule has 1 aliphatic heterocycles. The molecule has 0 saturated carbocycles. The lowest BCUT2D eigenvalue weighted by Gasteiger charge is -2.32. The standard InChI is InChI=1S/C15H22BrClN2O/c1-19(10-11-4-6-20-7-5-11)15(9-18)12-2-3-13(16)14(17)8-12/h2-3,8,11,15H,4-7,9-10,18H2,1H3. The Morgan fingerprint density at radius 3 is 2.75 bits per heavy atom. The van der Waals surface area contributed by atoms with Gasteiger partial charge in [-0.05, 0) is 59.4 Å². The summed E-state index contributed by atoms with van der Waals surface area (Å²) in [7, 11) is 2.14. The molecule has 1 aromatic rings. The van der Waals surface area contributed by atoms with Crippen molar-refractivity contribution in [2.45, 2.75) is 18.9 Å². The van der Waals surface area contributed by atoms with Gasteiger partial charge < -0.3 is 10.5 Å². The van der Waals surface area contributed by atoms with Crippen LogP contribution in [-0.4, -0.2) is 38.3 Å². The molecule has 1 atom stereocenters. The average Bonchev–Trinajstić information content (AvgIpc) is 2.44. The molecule has 2 N–H and O–H groups in total. The third-order valence-electron chi connectivity index (χ3n) is 3.97. The Morgan fingerprint density at radius 1 is 1.45 bits per heavy atom. The molecule has 1 unspecified atom stereocenters. The van der Waals surface area contributed by atoms with Gasteiger partial charge in [0.05, 0.1) is 5.02 Å². The Hall–Kier alpha value is -0.130. The molecule has 1 fully saturated rings. The number of hydrogen-bond acceptors (Lipinski definition) is 3. The summed E-state index contributed by atoms with van der Waals surface area (Å²) in [5.74, 6) is 0.703. The van der Waals surface area contributed by atoms with Gasteiger partial charge in [0, 0.05) is 36.8 Å². The van der Waals surface area contributed by atoms with Crippen molar-refractivity contribution in [3.63, 3.8) is 0 Å². The second-order valence-electron chi connectivity index (χ2n) is 5.42. The highest BCUT2D eigenvalue weighted by molar-refractivity contribution is 9.10. The second kappa shape index (κ2) is 7.76. The Kier molecular flexibility index (Phi) is 6.30. The number of rotatable bonds is 5. The summed E-state index contributed by atoms with van der Waals surface area (Å²) in [6.07, 6.45) is 2.28. The van der Waals surface area contributed by atoms with Gasteiger partial charge in [0.2, 0.25) is 0 Å². The molecule has 1 saturated heterocycles. The van der Waals surface area contributed by atoms with Crippen molar-refractivity contribution < 1.29 is 4.74 Å². The summed E-state index contributed by atoms with van der Waals surface area (Å²) in [5.41, 5.74) is 7.15. The van der Waals surface area contributed by atoms with Crippen LogP contribution in [-0.2, 0) is 4.74 Å². The average molecular weight is 362 g/mol. The molecular formula is C15H22BrClN2O. The van der Waals surface area contributed by atoms with Crippen molar-refractivity contribution in [1.82, 2.24) is 4.90 Å². The van der Waals surface area contributed by atoms with E-state index in [2.05, 4.69) is 33.9 Å². The SMILES string of the molecule is CN(CC1CCOCC1)C(CN)c1ccc(Br)c(Cl)c1. The predicted octanol–water partition coefficient (Wildman–Crippen LogP) is 3.46. The Labute approximate surface area is 134 Å². The highest BCUT2D eigenvalue weighted by Gasteiger charge is 2.21. The number of nitrogens with two attached hydrogens (primary N) is 1. The highest BCUT2D eigenvalue weighted by atomic mass is 79.9. The van der Waals surface area contributed by atoms with E-state index in [1.165, 1.54) is 5.56 Å². The maximum atomic E-state index is 6.19. The largest absolute Gasteiger partial charge is 0.381 e. The lowest BCUT2D eigenvalue weighted by atomic mass is 9.98. The lowest BCUT2D eigenvalue weighted by molar-refractivity contribution is 0.0507. The molecule has 0 amide bonds. The Morgan fingerprint density at radius 2 is 2.15 bits per heavy atom. The van der Waals surface area contributed by atoms with E-state index in [0.717, 1.165) is 42.1 Å². The minimum absolute atomic E-state index is 0.212. The molecule has 5 heteroatoms. The molecule has 1 aliphatic rings. The van der Waals surface area contributed by atoms with Gasteiger partial charge in [0.1, 0.15) is 0 Å². The Bertz CT molecular complexity index is 438. The van der Waals surface area contributed by atoms with E-state index >= 15 is 0 Å². The molecule has 0 radical (unpaired) electrons. The van der Waals surface area contributed by atoms with E-state index in [-0.39, 0.29) is 6.04 Å². The van der Waals surface area contributed by atoms with Crippen LogP contribution in [0.4, 0.5) is 0 Å². The smallest absolute Gasteiger partial charge is 0.0551 e. The number of nitrogens with zero attached hydrogens (tertiary/aromatic N) is 1. The van der Waals surface area contributed by atoms with Crippen LogP contribution in [0, 0.1) is 5.92 Å². The van der Waals surface area contributed by atoms with Crippen LogP contribution in [0.25, 0.3) is 0 Å². The van der Waals surface area contributed by atoms with Crippen LogP contribution in [0.3, 0.4) is 0 Å². The number of halogens is 2. The topological polar surface area (TPSA) is 38.5 Å². The zero-order valence-electron chi connectivity index (χ0n) is 11.8. The predicted molar refractivity (Wildman–Crippen MR) is 87.1 cm³/mol. The summed E-state index contributed by atoms with van der Waals surface area (Å²) in [4.78, 5) is 2.34. The van der Waals surface area contributed by atoms with Gasteiger partial charge in [0.15, 0.2) is 0 Å². The monoisotopic (exact) mass is 360 g/mol. The molecule has 0 aliphatic carbocycles. The van der Waals surface area contributed by atoms with Crippen molar-refractivity contribution in [3.05, 3.63) is 33.3 Å². The first kappa shape index (κ1) is 16.2. The summed E-state index contributed by atoms with van der Waals surface area (Å²) in [6, 6.07) is 6.30. The molecule has 1 aromatic carbocycles. The van der Waals surface area contributed by atoms with E-state index in [4.69, 9.17) is 22.1 Å². The molecule has 0 spiro atoms. The van der Waals surface area contributed by atoms with Crippen molar-refractivity contribution in [2.24, 2.45) is 11.7 Å². The van der Waals surface area contributed by atoms with Crippen molar-refractivity contribution in [2.75, 3.05) is 33.4 Å².